The van der Waals surface area contributed by atoms with Crippen LogP contribution in [-0.2, 0) is 4.74 Å². The molecule has 1 heteroatoms. The van der Waals surface area contributed by atoms with E-state index in [1.807, 2.05) is 0 Å². The molecular formula is C18H38O. The second-order valence-corrected chi connectivity index (χ2v) is 5.97. The van der Waals surface area contributed by atoms with Crippen LogP contribution in [0.5, 0.6) is 0 Å². The van der Waals surface area contributed by atoms with Crippen LogP contribution in [0, 0.1) is 5.92 Å². The van der Waals surface area contributed by atoms with Crippen molar-refractivity contribution < 1.29 is 4.74 Å². The minimum Gasteiger partial charge on any atom is -0.381 e. The summed E-state index contributed by atoms with van der Waals surface area (Å²) < 4.78 is 5.83. The van der Waals surface area contributed by atoms with Crippen LogP contribution >= 0.6 is 0 Å². The van der Waals surface area contributed by atoms with E-state index in [1.54, 1.807) is 0 Å². The van der Waals surface area contributed by atoms with Crippen molar-refractivity contribution in [2.45, 2.75) is 97.8 Å². The summed E-state index contributed by atoms with van der Waals surface area (Å²) in [5.74, 6) is 0.800. The van der Waals surface area contributed by atoms with E-state index >= 15 is 0 Å². The largest absolute Gasteiger partial charge is 0.381 e. The van der Waals surface area contributed by atoms with Gasteiger partial charge in [-0.3, -0.25) is 0 Å². The SMILES string of the molecule is CCCCCCCCCCOCC(CC)CCCC. The lowest BCUT2D eigenvalue weighted by Crippen LogP contribution is -2.09. The van der Waals surface area contributed by atoms with Gasteiger partial charge in [-0.15, -0.1) is 0 Å². The Bertz CT molecular complexity index is 156. The summed E-state index contributed by atoms with van der Waals surface area (Å²) in [5.41, 5.74) is 0. The first-order valence-corrected chi connectivity index (χ1v) is 8.92. The lowest BCUT2D eigenvalue weighted by atomic mass is 10.0. The number of hydrogen-bond donors (Lipinski definition) is 0. The van der Waals surface area contributed by atoms with Crippen molar-refractivity contribution in [3.05, 3.63) is 0 Å². The van der Waals surface area contributed by atoms with Gasteiger partial charge in [-0.1, -0.05) is 85.0 Å². The number of rotatable bonds is 15. The first-order valence-electron chi connectivity index (χ1n) is 8.92. The maximum absolute atomic E-state index is 5.83. The predicted octanol–water partition coefficient (Wildman–Crippen LogP) is 6.36. The molecule has 1 atom stereocenters. The second kappa shape index (κ2) is 16.0. The topological polar surface area (TPSA) is 9.23 Å². The summed E-state index contributed by atoms with van der Waals surface area (Å²) in [6.45, 7) is 8.82. The molecule has 0 N–H and O–H groups in total. The van der Waals surface area contributed by atoms with Crippen LogP contribution in [0.25, 0.3) is 0 Å². The van der Waals surface area contributed by atoms with Crippen molar-refractivity contribution >= 4 is 0 Å². The van der Waals surface area contributed by atoms with Crippen LogP contribution in [0.3, 0.4) is 0 Å². The van der Waals surface area contributed by atoms with Crippen LogP contribution in [-0.4, -0.2) is 13.2 Å². The molecule has 0 saturated carbocycles. The average molecular weight is 271 g/mol. The third-order valence-corrected chi connectivity index (χ3v) is 4.04. The van der Waals surface area contributed by atoms with E-state index in [1.165, 1.54) is 77.0 Å². The summed E-state index contributed by atoms with van der Waals surface area (Å²) in [6, 6.07) is 0. The lowest BCUT2D eigenvalue weighted by molar-refractivity contribution is 0.0908. The smallest absolute Gasteiger partial charge is 0.0494 e. The molecule has 1 unspecified atom stereocenters. The Morgan fingerprint density at radius 1 is 0.684 bits per heavy atom. The lowest BCUT2D eigenvalue weighted by Gasteiger charge is -2.14. The number of hydrogen-bond acceptors (Lipinski definition) is 1. The quantitative estimate of drug-likeness (QED) is 0.315. The van der Waals surface area contributed by atoms with Gasteiger partial charge in [-0.2, -0.15) is 0 Å². The molecule has 0 radical (unpaired) electrons. The molecule has 0 saturated heterocycles. The molecule has 0 aliphatic rings. The van der Waals surface area contributed by atoms with E-state index in [0.29, 0.717) is 0 Å². The van der Waals surface area contributed by atoms with Crippen molar-refractivity contribution in [1.82, 2.24) is 0 Å². The van der Waals surface area contributed by atoms with Gasteiger partial charge in [-0.05, 0) is 18.8 Å². The standard InChI is InChI=1S/C18H38O/c1-4-7-9-10-11-12-13-14-16-19-17-18(6-3)15-8-5-2/h18H,4-17H2,1-3H3. The zero-order valence-corrected chi connectivity index (χ0v) is 13.9. The molecular weight excluding hydrogens is 232 g/mol. The Labute approximate surface area is 122 Å². The molecule has 19 heavy (non-hydrogen) atoms. The van der Waals surface area contributed by atoms with Crippen molar-refractivity contribution in [2.75, 3.05) is 13.2 Å². The van der Waals surface area contributed by atoms with Crippen LogP contribution in [0.2, 0.25) is 0 Å². The average Bonchev–Trinajstić information content (AvgIpc) is 2.44. The van der Waals surface area contributed by atoms with E-state index in [-0.39, 0.29) is 0 Å². The highest BCUT2D eigenvalue weighted by atomic mass is 16.5. The minimum absolute atomic E-state index is 0.800. The van der Waals surface area contributed by atoms with E-state index in [4.69, 9.17) is 4.74 Å². The van der Waals surface area contributed by atoms with E-state index in [9.17, 15) is 0 Å². The molecule has 0 aromatic carbocycles. The molecule has 0 fully saturated rings. The Hall–Kier alpha value is -0.0400. The van der Waals surface area contributed by atoms with Crippen molar-refractivity contribution in [3.8, 4) is 0 Å². The fourth-order valence-corrected chi connectivity index (χ4v) is 2.49. The molecule has 0 rings (SSSR count). The molecule has 0 spiro atoms. The molecule has 1 nitrogen and oxygen atoms in total. The summed E-state index contributed by atoms with van der Waals surface area (Å²) in [7, 11) is 0. The Kier molecular flexibility index (Phi) is 16.0. The third kappa shape index (κ3) is 14.2. The van der Waals surface area contributed by atoms with Gasteiger partial charge in [0, 0.05) is 13.2 Å². The van der Waals surface area contributed by atoms with Gasteiger partial charge >= 0.3 is 0 Å². The highest BCUT2D eigenvalue weighted by molar-refractivity contribution is 4.56. The van der Waals surface area contributed by atoms with Gasteiger partial charge in [0.1, 0.15) is 0 Å². The van der Waals surface area contributed by atoms with Gasteiger partial charge in [-0.25, -0.2) is 0 Å². The zero-order valence-electron chi connectivity index (χ0n) is 13.9. The summed E-state index contributed by atoms with van der Waals surface area (Å²) in [4.78, 5) is 0. The van der Waals surface area contributed by atoms with Gasteiger partial charge in [0.05, 0.1) is 0 Å². The highest BCUT2D eigenvalue weighted by Crippen LogP contribution is 2.13. The van der Waals surface area contributed by atoms with Crippen molar-refractivity contribution in [1.29, 1.82) is 0 Å². The molecule has 0 aliphatic carbocycles. The number of ether oxygens (including phenoxy) is 1. The molecule has 0 aliphatic heterocycles. The maximum Gasteiger partial charge on any atom is 0.0494 e. The van der Waals surface area contributed by atoms with Gasteiger partial charge in [0.15, 0.2) is 0 Å². The van der Waals surface area contributed by atoms with Gasteiger partial charge < -0.3 is 4.74 Å². The Morgan fingerprint density at radius 2 is 1.26 bits per heavy atom. The molecule has 116 valence electrons. The van der Waals surface area contributed by atoms with Gasteiger partial charge in [0.2, 0.25) is 0 Å². The number of unbranched alkanes of at least 4 members (excludes halogenated alkanes) is 8. The molecule has 0 bridgehead atoms. The first-order chi connectivity index (χ1) is 9.35. The van der Waals surface area contributed by atoms with Crippen LogP contribution < -0.4 is 0 Å². The monoisotopic (exact) mass is 270 g/mol. The van der Waals surface area contributed by atoms with Crippen LogP contribution in [0.15, 0.2) is 0 Å². The van der Waals surface area contributed by atoms with E-state index in [0.717, 1.165) is 19.1 Å². The second-order valence-electron chi connectivity index (χ2n) is 5.97. The van der Waals surface area contributed by atoms with Crippen LogP contribution in [0.4, 0.5) is 0 Å². The fraction of sp³-hybridized carbons (Fsp3) is 1.00. The minimum atomic E-state index is 0.800. The Balaban J connectivity index is 3.16. The van der Waals surface area contributed by atoms with E-state index < -0.39 is 0 Å². The molecule has 0 amide bonds. The summed E-state index contributed by atoms with van der Waals surface area (Å²) in [5, 5.41) is 0. The van der Waals surface area contributed by atoms with Gasteiger partial charge in [0.25, 0.3) is 0 Å². The van der Waals surface area contributed by atoms with Crippen LogP contribution in [0.1, 0.15) is 97.8 Å². The molecule has 0 heterocycles. The van der Waals surface area contributed by atoms with E-state index in [2.05, 4.69) is 20.8 Å². The molecule has 0 aromatic rings. The third-order valence-electron chi connectivity index (χ3n) is 4.04. The summed E-state index contributed by atoms with van der Waals surface area (Å²) >= 11 is 0. The van der Waals surface area contributed by atoms with Crippen molar-refractivity contribution in [2.24, 2.45) is 5.92 Å². The summed E-state index contributed by atoms with van der Waals surface area (Å²) in [6.07, 6.45) is 16.4. The highest BCUT2D eigenvalue weighted by Gasteiger charge is 2.05. The van der Waals surface area contributed by atoms with Crippen molar-refractivity contribution in [3.63, 3.8) is 0 Å². The first kappa shape index (κ1) is 19.0. The Morgan fingerprint density at radius 3 is 1.84 bits per heavy atom. The molecule has 0 aromatic heterocycles. The maximum atomic E-state index is 5.83. The fourth-order valence-electron chi connectivity index (χ4n) is 2.49. The normalized spacial score (nSPS) is 12.8. The predicted molar refractivity (Wildman–Crippen MR) is 86.7 cm³/mol. The zero-order chi connectivity index (χ0) is 14.2.